The van der Waals surface area contributed by atoms with Crippen molar-refractivity contribution in [3.63, 3.8) is 0 Å². The summed E-state index contributed by atoms with van der Waals surface area (Å²) in [7, 11) is 1.37. The average Bonchev–Trinajstić information content (AvgIpc) is 2.54. The molecule has 4 heteroatoms. The summed E-state index contributed by atoms with van der Waals surface area (Å²) in [5.74, 6) is 2.26. The minimum absolute atomic E-state index is 0.0899. The Kier molecular flexibility index (Phi) is 4.09. The van der Waals surface area contributed by atoms with Gasteiger partial charge in [-0.2, -0.15) is 0 Å². The van der Waals surface area contributed by atoms with Crippen molar-refractivity contribution < 1.29 is 14.3 Å². The van der Waals surface area contributed by atoms with Gasteiger partial charge in [-0.1, -0.05) is 6.07 Å². The van der Waals surface area contributed by atoms with Gasteiger partial charge in [0.15, 0.2) is 0 Å². The SMILES string of the molecule is COC(=O)c1ccc(C)c(NC(=O)CC23CC4CC(CC(C4)C2)C3)c1. The molecule has 0 unspecified atom stereocenters. The maximum Gasteiger partial charge on any atom is 0.337 e. The number of hydrogen-bond acceptors (Lipinski definition) is 3. The van der Waals surface area contributed by atoms with Crippen molar-refractivity contribution in [2.24, 2.45) is 23.2 Å². The van der Waals surface area contributed by atoms with Crippen LogP contribution in [0.4, 0.5) is 5.69 Å². The van der Waals surface area contributed by atoms with E-state index in [0.717, 1.165) is 29.0 Å². The van der Waals surface area contributed by atoms with E-state index >= 15 is 0 Å². The Labute approximate surface area is 149 Å². The molecule has 5 rings (SSSR count). The minimum Gasteiger partial charge on any atom is -0.465 e. The second kappa shape index (κ2) is 6.15. The fourth-order valence-corrected chi connectivity index (χ4v) is 6.04. The quantitative estimate of drug-likeness (QED) is 0.830. The zero-order valence-electron chi connectivity index (χ0n) is 15.1. The standard InChI is InChI=1S/C21H27NO3/c1-13-3-4-17(20(24)25-2)8-18(13)22-19(23)12-21-9-14-5-15(10-21)7-16(6-14)11-21/h3-4,8,14-16H,5-7,9-12H2,1-2H3,(H,22,23). The van der Waals surface area contributed by atoms with Gasteiger partial charge < -0.3 is 10.1 Å². The first-order valence-corrected chi connectivity index (χ1v) is 9.45. The lowest BCUT2D eigenvalue weighted by atomic mass is 9.49. The molecular formula is C21H27NO3. The molecule has 0 saturated heterocycles. The van der Waals surface area contributed by atoms with Crippen LogP contribution >= 0.6 is 0 Å². The summed E-state index contributed by atoms with van der Waals surface area (Å²) in [4.78, 5) is 24.5. The number of esters is 1. The lowest BCUT2D eigenvalue weighted by Gasteiger charge is -2.56. The van der Waals surface area contributed by atoms with Crippen LogP contribution in [-0.4, -0.2) is 19.0 Å². The Morgan fingerprint density at radius 1 is 1.12 bits per heavy atom. The summed E-state index contributed by atoms with van der Waals surface area (Å²) in [6.07, 6.45) is 8.48. The molecule has 1 aromatic rings. The number of anilines is 1. The number of ether oxygens (including phenoxy) is 1. The van der Waals surface area contributed by atoms with Crippen molar-refractivity contribution in [2.75, 3.05) is 12.4 Å². The minimum atomic E-state index is -0.378. The predicted molar refractivity (Wildman–Crippen MR) is 96.4 cm³/mol. The van der Waals surface area contributed by atoms with Crippen LogP contribution in [0.3, 0.4) is 0 Å². The molecule has 0 aliphatic heterocycles. The van der Waals surface area contributed by atoms with E-state index in [4.69, 9.17) is 4.74 Å². The van der Waals surface area contributed by atoms with Gasteiger partial charge in [-0.15, -0.1) is 0 Å². The number of amides is 1. The molecule has 1 aromatic carbocycles. The number of nitrogens with one attached hydrogen (secondary N) is 1. The highest BCUT2D eigenvalue weighted by molar-refractivity contribution is 5.95. The van der Waals surface area contributed by atoms with Crippen molar-refractivity contribution in [1.82, 2.24) is 0 Å². The zero-order chi connectivity index (χ0) is 17.6. The van der Waals surface area contributed by atoms with E-state index in [1.807, 2.05) is 13.0 Å². The molecule has 0 spiro atoms. The topological polar surface area (TPSA) is 55.4 Å². The molecule has 0 radical (unpaired) electrons. The maximum absolute atomic E-state index is 12.8. The highest BCUT2D eigenvalue weighted by Crippen LogP contribution is 2.61. The van der Waals surface area contributed by atoms with Crippen molar-refractivity contribution in [3.05, 3.63) is 29.3 Å². The number of carbonyl (C=O) groups is 2. The molecule has 1 amide bonds. The number of methoxy groups -OCH3 is 1. The van der Waals surface area contributed by atoms with Crippen LogP contribution in [0, 0.1) is 30.1 Å². The van der Waals surface area contributed by atoms with Crippen LogP contribution < -0.4 is 5.32 Å². The number of hydrogen-bond donors (Lipinski definition) is 1. The third-order valence-electron chi connectivity index (χ3n) is 6.63. The Hall–Kier alpha value is -1.84. The molecule has 25 heavy (non-hydrogen) atoms. The average molecular weight is 341 g/mol. The molecule has 4 aliphatic carbocycles. The van der Waals surface area contributed by atoms with E-state index in [2.05, 4.69) is 5.32 Å². The normalized spacial score (nSPS) is 32.5. The van der Waals surface area contributed by atoms with E-state index in [-0.39, 0.29) is 17.3 Å². The Morgan fingerprint density at radius 3 is 2.28 bits per heavy atom. The number of benzene rings is 1. The molecule has 0 heterocycles. The lowest BCUT2D eigenvalue weighted by molar-refractivity contribution is -0.124. The van der Waals surface area contributed by atoms with Gasteiger partial charge in [-0.05, 0) is 86.3 Å². The van der Waals surface area contributed by atoms with E-state index in [9.17, 15) is 9.59 Å². The third kappa shape index (κ3) is 3.19. The summed E-state index contributed by atoms with van der Waals surface area (Å²) in [6, 6.07) is 5.31. The van der Waals surface area contributed by atoms with Gasteiger partial charge >= 0.3 is 5.97 Å². The van der Waals surface area contributed by atoms with E-state index < -0.39 is 0 Å². The van der Waals surface area contributed by atoms with Crippen LogP contribution in [0.15, 0.2) is 18.2 Å². The molecule has 1 N–H and O–H groups in total. The summed E-state index contributed by atoms with van der Waals surface area (Å²) >= 11 is 0. The summed E-state index contributed by atoms with van der Waals surface area (Å²) in [5, 5.41) is 3.06. The number of rotatable bonds is 4. The van der Waals surface area contributed by atoms with Crippen molar-refractivity contribution in [2.45, 2.75) is 51.9 Å². The van der Waals surface area contributed by atoms with Crippen molar-refractivity contribution in [3.8, 4) is 0 Å². The molecule has 4 fully saturated rings. The molecule has 0 atom stereocenters. The molecule has 4 nitrogen and oxygen atoms in total. The Morgan fingerprint density at radius 2 is 1.72 bits per heavy atom. The van der Waals surface area contributed by atoms with Crippen molar-refractivity contribution in [1.29, 1.82) is 0 Å². The molecule has 0 aromatic heterocycles. The molecule has 4 bridgehead atoms. The smallest absolute Gasteiger partial charge is 0.337 e. The summed E-state index contributed by atoms with van der Waals surface area (Å²) in [6.45, 7) is 1.95. The van der Waals surface area contributed by atoms with E-state index in [1.165, 1.54) is 45.6 Å². The molecular weight excluding hydrogens is 314 g/mol. The van der Waals surface area contributed by atoms with Gasteiger partial charge in [0, 0.05) is 12.1 Å². The Bertz CT molecular complexity index is 674. The van der Waals surface area contributed by atoms with Crippen LogP contribution in [0.1, 0.15) is 60.9 Å². The first-order chi connectivity index (χ1) is 12.0. The van der Waals surface area contributed by atoms with E-state index in [0.29, 0.717) is 12.0 Å². The monoisotopic (exact) mass is 341 g/mol. The van der Waals surface area contributed by atoms with Crippen LogP contribution in [-0.2, 0) is 9.53 Å². The fourth-order valence-electron chi connectivity index (χ4n) is 6.04. The van der Waals surface area contributed by atoms with Gasteiger partial charge in [0.05, 0.1) is 12.7 Å². The third-order valence-corrected chi connectivity index (χ3v) is 6.63. The van der Waals surface area contributed by atoms with Crippen molar-refractivity contribution >= 4 is 17.6 Å². The first kappa shape index (κ1) is 16.6. The maximum atomic E-state index is 12.8. The van der Waals surface area contributed by atoms with Crippen LogP contribution in [0.5, 0.6) is 0 Å². The van der Waals surface area contributed by atoms with E-state index in [1.54, 1.807) is 12.1 Å². The van der Waals surface area contributed by atoms with Crippen LogP contribution in [0.2, 0.25) is 0 Å². The van der Waals surface area contributed by atoms with Gasteiger partial charge in [-0.25, -0.2) is 4.79 Å². The largest absolute Gasteiger partial charge is 0.465 e. The summed E-state index contributed by atoms with van der Waals surface area (Å²) < 4.78 is 4.78. The molecule has 4 aliphatic rings. The second-order valence-corrected chi connectivity index (χ2v) is 8.66. The number of carbonyl (C=O) groups excluding carboxylic acids is 2. The zero-order valence-corrected chi connectivity index (χ0v) is 15.1. The van der Waals surface area contributed by atoms with Gasteiger partial charge in [-0.3, -0.25) is 4.79 Å². The van der Waals surface area contributed by atoms with Crippen LogP contribution in [0.25, 0.3) is 0 Å². The highest BCUT2D eigenvalue weighted by Gasteiger charge is 2.51. The first-order valence-electron chi connectivity index (χ1n) is 9.45. The second-order valence-electron chi connectivity index (χ2n) is 8.66. The molecule has 134 valence electrons. The lowest BCUT2D eigenvalue weighted by Crippen LogP contribution is -2.47. The predicted octanol–water partition coefficient (Wildman–Crippen LogP) is 4.33. The van der Waals surface area contributed by atoms with Gasteiger partial charge in [0.2, 0.25) is 5.91 Å². The van der Waals surface area contributed by atoms with Gasteiger partial charge in [0.1, 0.15) is 0 Å². The van der Waals surface area contributed by atoms with Gasteiger partial charge in [0.25, 0.3) is 0 Å². The summed E-state index contributed by atoms with van der Waals surface area (Å²) in [5.41, 5.74) is 2.38. The highest BCUT2D eigenvalue weighted by atomic mass is 16.5. The molecule has 4 saturated carbocycles. The fraction of sp³-hybridized carbons (Fsp3) is 0.619. The number of aryl methyl sites for hydroxylation is 1. The Balaban J connectivity index is 1.47.